The maximum Gasteiger partial charge on any atom is 0.0590 e. The van der Waals surface area contributed by atoms with E-state index in [0.29, 0.717) is 0 Å². The van der Waals surface area contributed by atoms with Gasteiger partial charge in [-0.2, -0.15) is 0 Å². The average molecular weight is 260 g/mol. The molecule has 1 aromatic carbocycles. The predicted molar refractivity (Wildman–Crippen MR) is 77.4 cm³/mol. The van der Waals surface area contributed by atoms with E-state index in [4.69, 9.17) is 4.74 Å². The molecule has 2 aliphatic rings. The molecule has 0 radical (unpaired) electrons. The van der Waals surface area contributed by atoms with E-state index in [9.17, 15) is 0 Å². The first kappa shape index (κ1) is 13.1. The van der Waals surface area contributed by atoms with Crippen LogP contribution in [0, 0.1) is 0 Å². The third-order valence-electron chi connectivity index (χ3n) is 4.77. The minimum absolute atomic E-state index is 0.249. The second-order valence-electron chi connectivity index (χ2n) is 5.67. The lowest BCUT2D eigenvalue weighted by molar-refractivity contribution is 0.0212. The van der Waals surface area contributed by atoms with Gasteiger partial charge < -0.3 is 10.1 Å². The largest absolute Gasteiger partial charge is 0.383 e. The first-order chi connectivity index (χ1) is 9.37. The fourth-order valence-corrected chi connectivity index (χ4v) is 3.79. The fraction of sp³-hybridized carbons (Fsp3) is 0.625. The van der Waals surface area contributed by atoms with Crippen molar-refractivity contribution in [2.75, 3.05) is 39.9 Å². The highest BCUT2D eigenvalue weighted by molar-refractivity contribution is 5.37. The Morgan fingerprint density at radius 3 is 2.84 bits per heavy atom. The summed E-state index contributed by atoms with van der Waals surface area (Å²) in [7, 11) is 1.80. The highest BCUT2D eigenvalue weighted by atomic mass is 16.5. The number of methoxy groups -OCH3 is 1. The molecule has 0 aliphatic carbocycles. The standard InChI is InChI=1S/C16H24N2O/c1-19-13-12-18-11-6-14-4-2-3-5-15(14)16(18)7-9-17-10-8-16/h2-5,17H,6-13H2,1H3. The monoisotopic (exact) mass is 260 g/mol. The molecule has 1 saturated heterocycles. The van der Waals surface area contributed by atoms with Gasteiger partial charge in [-0.1, -0.05) is 24.3 Å². The Hall–Kier alpha value is -0.900. The number of nitrogens with one attached hydrogen (secondary N) is 1. The summed E-state index contributed by atoms with van der Waals surface area (Å²) in [5.41, 5.74) is 3.37. The third kappa shape index (κ3) is 2.31. The van der Waals surface area contributed by atoms with Crippen LogP contribution in [-0.2, 0) is 16.7 Å². The van der Waals surface area contributed by atoms with Gasteiger partial charge in [0.1, 0.15) is 0 Å². The van der Waals surface area contributed by atoms with Crippen LogP contribution in [0.2, 0.25) is 0 Å². The molecule has 0 saturated carbocycles. The summed E-state index contributed by atoms with van der Waals surface area (Å²) < 4.78 is 5.31. The number of hydrogen-bond acceptors (Lipinski definition) is 3. The zero-order valence-corrected chi connectivity index (χ0v) is 11.8. The maximum atomic E-state index is 5.31. The van der Waals surface area contributed by atoms with Crippen molar-refractivity contribution in [3.05, 3.63) is 35.4 Å². The molecule has 0 unspecified atom stereocenters. The van der Waals surface area contributed by atoms with Gasteiger partial charge >= 0.3 is 0 Å². The van der Waals surface area contributed by atoms with Gasteiger partial charge in [0.05, 0.1) is 6.61 Å². The van der Waals surface area contributed by atoms with Crippen molar-refractivity contribution in [1.29, 1.82) is 0 Å². The molecular formula is C16H24N2O. The number of hydrogen-bond donors (Lipinski definition) is 1. The van der Waals surface area contributed by atoms with E-state index in [0.717, 1.165) is 26.2 Å². The normalized spacial score (nSPS) is 22.4. The summed E-state index contributed by atoms with van der Waals surface area (Å²) in [6.07, 6.45) is 3.61. The maximum absolute atomic E-state index is 5.31. The van der Waals surface area contributed by atoms with Crippen molar-refractivity contribution < 1.29 is 4.74 Å². The second kappa shape index (κ2) is 5.61. The summed E-state index contributed by atoms with van der Waals surface area (Å²) in [5, 5.41) is 3.51. The minimum Gasteiger partial charge on any atom is -0.383 e. The molecule has 1 aromatic rings. The van der Waals surface area contributed by atoms with E-state index in [2.05, 4.69) is 34.5 Å². The number of benzene rings is 1. The summed E-state index contributed by atoms with van der Waals surface area (Å²) >= 11 is 0. The van der Waals surface area contributed by atoms with E-state index in [1.165, 1.54) is 25.8 Å². The number of piperidine rings is 1. The molecule has 0 aromatic heterocycles. The minimum atomic E-state index is 0.249. The van der Waals surface area contributed by atoms with Crippen molar-refractivity contribution in [2.24, 2.45) is 0 Å². The van der Waals surface area contributed by atoms with Crippen molar-refractivity contribution in [3.63, 3.8) is 0 Å². The lowest BCUT2D eigenvalue weighted by atomic mass is 9.74. The highest BCUT2D eigenvalue weighted by Crippen LogP contribution is 2.41. The summed E-state index contributed by atoms with van der Waals surface area (Å²) in [6.45, 7) is 5.29. The quantitative estimate of drug-likeness (QED) is 0.896. The average Bonchev–Trinajstić information content (AvgIpc) is 2.48. The van der Waals surface area contributed by atoms with Crippen LogP contribution in [0.15, 0.2) is 24.3 Å². The number of nitrogens with zero attached hydrogens (tertiary/aromatic N) is 1. The van der Waals surface area contributed by atoms with Crippen LogP contribution >= 0.6 is 0 Å². The third-order valence-corrected chi connectivity index (χ3v) is 4.77. The van der Waals surface area contributed by atoms with Crippen LogP contribution in [0.25, 0.3) is 0 Å². The number of rotatable bonds is 3. The van der Waals surface area contributed by atoms with Crippen molar-refractivity contribution in [2.45, 2.75) is 24.8 Å². The molecule has 1 N–H and O–H groups in total. The molecule has 3 nitrogen and oxygen atoms in total. The van der Waals surface area contributed by atoms with Crippen molar-refractivity contribution in [1.82, 2.24) is 10.2 Å². The van der Waals surface area contributed by atoms with Crippen molar-refractivity contribution >= 4 is 0 Å². The number of fused-ring (bicyclic) bond motifs is 2. The molecule has 104 valence electrons. The Balaban J connectivity index is 1.95. The molecule has 1 fully saturated rings. The van der Waals surface area contributed by atoms with Crippen LogP contribution in [0.5, 0.6) is 0 Å². The van der Waals surface area contributed by atoms with E-state index in [-0.39, 0.29) is 5.54 Å². The van der Waals surface area contributed by atoms with Gasteiger partial charge in [-0.05, 0) is 43.5 Å². The Kier molecular flexibility index (Phi) is 3.87. The summed E-state index contributed by atoms with van der Waals surface area (Å²) in [5.74, 6) is 0. The molecule has 2 aliphatic heterocycles. The highest BCUT2D eigenvalue weighted by Gasteiger charge is 2.42. The molecule has 19 heavy (non-hydrogen) atoms. The zero-order chi connectivity index (χ0) is 13.1. The Bertz CT molecular complexity index is 427. The second-order valence-corrected chi connectivity index (χ2v) is 5.67. The van der Waals surface area contributed by atoms with Crippen LogP contribution in [0.3, 0.4) is 0 Å². The smallest absolute Gasteiger partial charge is 0.0590 e. The van der Waals surface area contributed by atoms with Crippen LogP contribution in [0.1, 0.15) is 24.0 Å². The summed E-state index contributed by atoms with van der Waals surface area (Å²) in [4.78, 5) is 2.67. The molecule has 0 bridgehead atoms. The van der Waals surface area contributed by atoms with Gasteiger partial charge in [0.25, 0.3) is 0 Å². The van der Waals surface area contributed by atoms with Gasteiger partial charge in [0, 0.05) is 25.7 Å². The summed E-state index contributed by atoms with van der Waals surface area (Å²) in [6, 6.07) is 9.03. The molecule has 0 atom stereocenters. The SMILES string of the molecule is COCCN1CCc2ccccc2C12CCNCC2. The van der Waals surface area contributed by atoms with Crippen LogP contribution < -0.4 is 5.32 Å². The van der Waals surface area contributed by atoms with E-state index >= 15 is 0 Å². The molecule has 0 amide bonds. The van der Waals surface area contributed by atoms with E-state index < -0.39 is 0 Å². The van der Waals surface area contributed by atoms with Gasteiger partial charge in [-0.3, -0.25) is 4.90 Å². The molecular weight excluding hydrogens is 236 g/mol. The van der Waals surface area contributed by atoms with Gasteiger partial charge in [-0.15, -0.1) is 0 Å². The predicted octanol–water partition coefficient (Wildman–Crippen LogP) is 1.77. The lowest BCUT2D eigenvalue weighted by Crippen LogP contribution is -2.56. The number of ether oxygens (including phenoxy) is 1. The molecule has 1 spiro atoms. The Morgan fingerprint density at radius 1 is 1.26 bits per heavy atom. The fourth-order valence-electron chi connectivity index (χ4n) is 3.79. The van der Waals surface area contributed by atoms with Crippen LogP contribution in [0.4, 0.5) is 0 Å². The molecule has 3 heteroatoms. The van der Waals surface area contributed by atoms with Gasteiger partial charge in [-0.25, -0.2) is 0 Å². The lowest BCUT2D eigenvalue weighted by Gasteiger charge is -2.50. The topological polar surface area (TPSA) is 24.5 Å². The van der Waals surface area contributed by atoms with E-state index in [1.807, 2.05) is 0 Å². The first-order valence-corrected chi connectivity index (χ1v) is 7.40. The van der Waals surface area contributed by atoms with Crippen LogP contribution in [-0.4, -0.2) is 44.8 Å². The Labute approximate surface area is 115 Å². The van der Waals surface area contributed by atoms with Gasteiger partial charge in [0.15, 0.2) is 0 Å². The Morgan fingerprint density at radius 2 is 2.05 bits per heavy atom. The zero-order valence-electron chi connectivity index (χ0n) is 11.8. The van der Waals surface area contributed by atoms with Gasteiger partial charge in [0.2, 0.25) is 0 Å². The molecule has 2 heterocycles. The van der Waals surface area contributed by atoms with Crippen molar-refractivity contribution in [3.8, 4) is 0 Å². The molecule has 3 rings (SSSR count). The van der Waals surface area contributed by atoms with E-state index in [1.54, 1.807) is 18.2 Å². The first-order valence-electron chi connectivity index (χ1n) is 7.40.